The van der Waals surface area contributed by atoms with Crippen LogP contribution in [0.3, 0.4) is 0 Å². The zero-order valence-corrected chi connectivity index (χ0v) is 9.67. The molecule has 6 heteroatoms. The van der Waals surface area contributed by atoms with Crippen molar-refractivity contribution in [2.24, 2.45) is 0 Å². The molecule has 1 aromatic rings. The summed E-state index contributed by atoms with van der Waals surface area (Å²) >= 11 is 2.85. The van der Waals surface area contributed by atoms with Crippen LogP contribution in [0.1, 0.15) is 6.42 Å². The maximum absolute atomic E-state index is 13.5. The Bertz CT molecular complexity index is 453. The summed E-state index contributed by atoms with van der Waals surface area (Å²) in [6.07, 6.45) is -0.879. The van der Waals surface area contributed by atoms with Crippen LogP contribution in [0.25, 0.3) is 0 Å². The van der Waals surface area contributed by atoms with Gasteiger partial charge >= 0.3 is 0 Å². The number of hydrogen-bond acceptors (Lipinski definition) is 2. The zero-order valence-electron chi connectivity index (χ0n) is 8.08. The maximum Gasteiger partial charge on any atom is 0.229 e. The first-order valence-electron chi connectivity index (χ1n) is 4.62. The molecular weight excluding hydrogens is 284 g/mol. The third-order valence-corrected chi connectivity index (χ3v) is 3.02. The highest BCUT2D eigenvalue weighted by Gasteiger charge is 2.31. The number of hydrogen-bond donors (Lipinski definition) is 1. The fourth-order valence-corrected chi connectivity index (χ4v) is 1.95. The Balaban J connectivity index is 2.42. The summed E-state index contributed by atoms with van der Waals surface area (Å²) in [6, 6.07) is 2.63. The van der Waals surface area contributed by atoms with Crippen molar-refractivity contribution >= 4 is 27.5 Å². The number of carbonyl (C=O) groups excluding carboxylic acids is 1. The normalized spacial score (nSPS) is 20.6. The molecule has 1 atom stereocenters. The molecular formula is C10H8BrF2NO2. The van der Waals surface area contributed by atoms with E-state index in [4.69, 9.17) is 0 Å². The van der Waals surface area contributed by atoms with Gasteiger partial charge in [0.1, 0.15) is 0 Å². The lowest BCUT2D eigenvalue weighted by molar-refractivity contribution is -0.117. The monoisotopic (exact) mass is 291 g/mol. The highest BCUT2D eigenvalue weighted by molar-refractivity contribution is 9.10. The number of aliphatic hydroxyl groups is 1. The number of aliphatic hydroxyl groups excluding tert-OH is 1. The van der Waals surface area contributed by atoms with Gasteiger partial charge in [0.15, 0.2) is 11.6 Å². The van der Waals surface area contributed by atoms with Crippen LogP contribution in [0.5, 0.6) is 0 Å². The molecule has 1 heterocycles. The van der Waals surface area contributed by atoms with Gasteiger partial charge in [-0.15, -0.1) is 0 Å². The topological polar surface area (TPSA) is 40.5 Å². The molecule has 0 aliphatic carbocycles. The van der Waals surface area contributed by atoms with Gasteiger partial charge in [-0.3, -0.25) is 4.79 Å². The molecule has 1 fully saturated rings. The van der Waals surface area contributed by atoms with Crippen LogP contribution in [0, 0.1) is 11.6 Å². The molecule has 1 N–H and O–H groups in total. The number of amides is 1. The molecule has 0 radical (unpaired) electrons. The van der Waals surface area contributed by atoms with Gasteiger partial charge in [-0.2, -0.15) is 0 Å². The van der Waals surface area contributed by atoms with Crippen molar-refractivity contribution in [3.63, 3.8) is 0 Å². The number of anilines is 1. The highest BCUT2D eigenvalue weighted by atomic mass is 79.9. The fraction of sp³-hybridized carbons (Fsp3) is 0.300. The Hall–Kier alpha value is -1.01. The van der Waals surface area contributed by atoms with Gasteiger partial charge < -0.3 is 10.0 Å². The molecule has 1 unspecified atom stereocenters. The first-order valence-corrected chi connectivity index (χ1v) is 5.42. The van der Waals surface area contributed by atoms with Crippen LogP contribution < -0.4 is 4.90 Å². The maximum atomic E-state index is 13.5. The number of carbonyl (C=O) groups is 1. The van der Waals surface area contributed by atoms with E-state index >= 15 is 0 Å². The van der Waals surface area contributed by atoms with Crippen molar-refractivity contribution in [3.8, 4) is 0 Å². The van der Waals surface area contributed by atoms with E-state index in [2.05, 4.69) is 15.9 Å². The van der Waals surface area contributed by atoms with Crippen molar-refractivity contribution in [1.29, 1.82) is 0 Å². The van der Waals surface area contributed by atoms with E-state index in [1.54, 1.807) is 0 Å². The summed E-state index contributed by atoms with van der Waals surface area (Å²) in [4.78, 5) is 12.4. The van der Waals surface area contributed by atoms with Crippen LogP contribution in [0.2, 0.25) is 0 Å². The molecule has 2 rings (SSSR count). The molecule has 0 bridgehead atoms. The van der Waals surface area contributed by atoms with Crippen LogP contribution >= 0.6 is 15.9 Å². The molecule has 3 nitrogen and oxygen atoms in total. The Morgan fingerprint density at radius 2 is 2.06 bits per heavy atom. The van der Waals surface area contributed by atoms with Gasteiger partial charge in [0.25, 0.3) is 0 Å². The van der Waals surface area contributed by atoms with Gasteiger partial charge in [-0.05, 0) is 28.1 Å². The Labute approximate surface area is 98.8 Å². The van der Waals surface area contributed by atoms with Crippen molar-refractivity contribution in [2.45, 2.75) is 12.5 Å². The van der Waals surface area contributed by atoms with Gasteiger partial charge in [0, 0.05) is 0 Å². The van der Waals surface area contributed by atoms with Crippen molar-refractivity contribution in [2.75, 3.05) is 11.4 Å². The summed E-state index contributed by atoms with van der Waals surface area (Å²) in [5.41, 5.74) is -0.137. The Morgan fingerprint density at radius 3 is 2.62 bits per heavy atom. The number of benzene rings is 1. The van der Waals surface area contributed by atoms with Crippen LogP contribution in [-0.4, -0.2) is 23.7 Å². The van der Waals surface area contributed by atoms with Crippen LogP contribution in [0.15, 0.2) is 16.6 Å². The largest absolute Gasteiger partial charge is 0.391 e. The molecule has 1 aromatic carbocycles. The third kappa shape index (κ3) is 1.82. The van der Waals surface area contributed by atoms with Crippen LogP contribution in [0.4, 0.5) is 14.5 Å². The second-order valence-corrected chi connectivity index (χ2v) is 4.41. The summed E-state index contributed by atoms with van der Waals surface area (Å²) in [5, 5.41) is 9.26. The van der Waals surface area contributed by atoms with Crippen molar-refractivity contribution in [3.05, 3.63) is 28.2 Å². The Morgan fingerprint density at radius 1 is 1.38 bits per heavy atom. The lowest BCUT2D eigenvalue weighted by Gasteiger charge is -2.17. The quantitative estimate of drug-likeness (QED) is 0.802. The summed E-state index contributed by atoms with van der Waals surface area (Å²) in [6.45, 7) is -0.00315. The second kappa shape index (κ2) is 4.10. The van der Waals surface area contributed by atoms with Crippen molar-refractivity contribution in [1.82, 2.24) is 0 Å². The average Bonchev–Trinajstić information content (AvgIpc) is 2.55. The standard InChI is InChI=1S/C10H8BrF2NO2/c11-6-1-2-7(10(13)9(6)12)14-4-5(15)3-8(14)16/h1-2,5,15H,3-4H2. The molecule has 1 aliphatic heterocycles. The number of β-amino-alcohol motifs (C(OH)–C–C–N with tert-alkyl or cyclic N) is 1. The van der Waals surface area contributed by atoms with E-state index in [-0.39, 0.29) is 23.1 Å². The molecule has 1 aliphatic rings. The fourth-order valence-electron chi connectivity index (χ4n) is 1.65. The summed E-state index contributed by atoms with van der Waals surface area (Å²) in [5.74, 6) is -2.53. The molecule has 16 heavy (non-hydrogen) atoms. The van der Waals surface area contributed by atoms with E-state index in [1.807, 2.05) is 0 Å². The number of halogens is 3. The van der Waals surface area contributed by atoms with E-state index in [1.165, 1.54) is 12.1 Å². The SMILES string of the molecule is O=C1CC(O)CN1c1ccc(Br)c(F)c1F. The first kappa shape index (κ1) is 11.5. The summed E-state index contributed by atoms with van der Waals surface area (Å²) < 4.78 is 26.8. The smallest absolute Gasteiger partial charge is 0.229 e. The lowest BCUT2D eigenvalue weighted by Crippen LogP contribution is -2.26. The molecule has 0 aromatic heterocycles. The summed E-state index contributed by atoms with van der Waals surface area (Å²) in [7, 11) is 0. The average molecular weight is 292 g/mol. The van der Waals surface area contributed by atoms with Gasteiger partial charge in [-0.25, -0.2) is 8.78 Å². The third-order valence-electron chi connectivity index (χ3n) is 2.41. The molecule has 1 amide bonds. The van der Waals surface area contributed by atoms with E-state index in [0.717, 1.165) is 4.90 Å². The molecule has 1 saturated heterocycles. The highest BCUT2D eigenvalue weighted by Crippen LogP contribution is 2.29. The first-order chi connectivity index (χ1) is 7.50. The number of rotatable bonds is 1. The van der Waals surface area contributed by atoms with E-state index in [0.29, 0.717) is 0 Å². The minimum atomic E-state index is -1.09. The van der Waals surface area contributed by atoms with Crippen molar-refractivity contribution < 1.29 is 18.7 Å². The number of nitrogens with zero attached hydrogens (tertiary/aromatic N) is 1. The minimum Gasteiger partial charge on any atom is -0.391 e. The lowest BCUT2D eigenvalue weighted by atomic mass is 10.2. The zero-order chi connectivity index (χ0) is 11.9. The molecule has 86 valence electrons. The minimum absolute atomic E-state index is 0.000874. The predicted molar refractivity (Wildman–Crippen MR) is 57.0 cm³/mol. The van der Waals surface area contributed by atoms with Gasteiger partial charge in [-0.1, -0.05) is 0 Å². The second-order valence-electron chi connectivity index (χ2n) is 3.56. The van der Waals surface area contributed by atoms with Gasteiger partial charge in [0.2, 0.25) is 5.91 Å². The Kier molecular flexibility index (Phi) is 2.94. The van der Waals surface area contributed by atoms with Gasteiger partial charge in [0.05, 0.1) is 29.2 Å². The molecule has 0 spiro atoms. The van der Waals surface area contributed by atoms with E-state index < -0.39 is 23.6 Å². The van der Waals surface area contributed by atoms with E-state index in [9.17, 15) is 18.7 Å². The predicted octanol–water partition coefficient (Wildman–Crippen LogP) is 1.82. The molecule has 0 saturated carbocycles. The van der Waals surface area contributed by atoms with Crippen LogP contribution in [-0.2, 0) is 4.79 Å².